The van der Waals surface area contributed by atoms with E-state index in [4.69, 9.17) is 5.73 Å². The Bertz CT molecular complexity index is 553. The second-order valence-electron chi connectivity index (χ2n) is 6.81. The number of likely N-dealkylation sites (N-methyl/N-ethyl adjacent to an activating group) is 1. The molecular weight excluding hydrogens is 250 g/mol. The first-order valence-corrected chi connectivity index (χ1v) is 7.31. The molecule has 0 bridgehead atoms. The van der Waals surface area contributed by atoms with Crippen LogP contribution in [0.3, 0.4) is 0 Å². The van der Waals surface area contributed by atoms with Gasteiger partial charge in [0.15, 0.2) is 0 Å². The van der Waals surface area contributed by atoms with Gasteiger partial charge in [0.2, 0.25) is 5.91 Å². The van der Waals surface area contributed by atoms with Crippen LogP contribution in [0.4, 0.5) is 11.4 Å². The van der Waals surface area contributed by atoms with Crippen LogP contribution in [0.25, 0.3) is 0 Å². The molecule has 1 atom stereocenters. The molecule has 20 heavy (non-hydrogen) atoms. The monoisotopic (exact) mass is 273 g/mol. The average molecular weight is 273 g/mol. The molecule has 0 aliphatic carbocycles. The topological polar surface area (TPSA) is 49.6 Å². The van der Waals surface area contributed by atoms with Crippen LogP contribution < -0.4 is 15.5 Å². The fourth-order valence-corrected chi connectivity index (χ4v) is 3.39. The molecule has 0 aromatic heterocycles. The number of carbonyl (C=O) groups excluding carboxylic acids is 1. The first-order valence-electron chi connectivity index (χ1n) is 7.31. The van der Waals surface area contributed by atoms with Crippen molar-refractivity contribution in [3.05, 3.63) is 23.8 Å². The van der Waals surface area contributed by atoms with Gasteiger partial charge in [-0.3, -0.25) is 4.79 Å². The van der Waals surface area contributed by atoms with Crippen molar-refractivity contribution < 1.29 is 4.79 Å². The van der Waals surface area contributed by atoms with Crippen molar-refractivity contribution in [3.8, 4) is 0 Å². The lowest BCUT2D eigenvalue weighted by molar-refractivity contribution is -0.118. The summed E-state index contributed by atoms with van der Waals surface area (Å²) in [6.07, 6.45) is 2.50. The first kappa shape index (κ1) is 13.4. The quantitative estimate of drug-likeness (QED) is 0.854. The summed E-state index contributed by atoms with van der Waals surface area (Å²) in [5.74, 6) is -0.0175. The molecule has 108 valence electrons. The molecule has 1 amide bonds. The second-order valence-corrected chi connectivity index (χ2v) is 6.81. The molecule has 2 heterocycles. The van der Waals surface area contributed by atoms with E-state index in [2.05, 4.69) is 30.9 Å². The summed E-state index contributed by atoms with van der Waals surface area (Å²) in [5.41, 5.74) is 9.41. The van der Waals surface area contributed by atoms with Crippen molar-refractivity contribution in [1.29, 1.82) is 0 Å². The molecule has 3 rings (SSSR count). The summed E-state index contributed by atoms with van der Waals surface area (Å²) < 4.78 is 0. The maximum absolute atomic E-state index is 11.9. The predicted molar refractivity (Wildman–Crippen MR) is 82.0 cm³/mol. The number of rotatable bonds is 1. The summed E-state index contributed by atoms with van der Waals surface area (Å²) in [5, 5.41) is 0. The second kappa shape index (κ2) is 4.48. The lowest BCUT2D eigenvalue weighted by Gasteiger charge is -2.39. The van der Waals surface area contributed by atoms with E-state index >= 15 is 0 Å². The minimum atomic E-state index is -0.498. The Kier molecular flexibility index (Phi) is 3.01. The van der Waals surface area contributed by atoms with E-state index in [1.807, 2.05) is 6.07 Å². The summed E-state index contributed by atoms with van der Waals surface area (Å²) in [4.78, 5) is 16.0. The van der Waals surface area contributed by atoms with Gasteiger partial charge in [-0.15, -0.1) is 0 Å². The van der Waals surface area contributed by atoms with Crippen molar-refractivity contribution in [2.75, 3.05) is 29.9 Å². The van der Waals surface area contributed by atoms with Gasteiger partial charge in [0, 0.05) is 31.4 Å². The minimum absolute atomic E-state index is 0.0175. The van der Waals surface area contributed by atoms with Crippen LogP contribution in [-0.2, 0) is 4.79 Å². The van der Waals surface area contributed by atoms with Gasteiger partial charge in [-0.1, -0.05) is 19.9 Å². The van der Waals surface area contributed by atoms with Gasteiger partial charge in [-0.2, -0.15) is 0 Å². The van der Waals surface area contributed by atoms with Crippen LogP contribution >= 0.6 is 0 Å². The third-order valence-electron chi connectivity index (χ3n) is 4.57. The first-order chi connectivity index (χ1) is 9.39. The van der Waals surface area contributed by atoms with Gasteiger partial charge in [0.05, 0.1) is 5.69 Å². The van der Waals surface area contributed by atoms with Crippen molar-refractivity contribution in [2.45, 2.75) is 32.7 Å². The standard InChI is InChI=1S/C16H23N3O/c1-16(2)7-4-8-19(10-16)11-5-6-12-13(9-11)18(3)15(20)14(12)17/h5-6,9,14H,4,7-8,10,17H2,1-3H3. The van der Waals surface area contributed by atoms with Crippen LogP contribution in [-0.4, -0.2) is 26.0 Å². The molecule has 1 saturated heterocycles. The molecule has 4 heteroatoms. The number of anilines is 2. The van der Waals surface area contributed by atoms with Gasteiger partial charge >= 0.3 is 0 Å². The lowest BCUT2D eigenvalue weighted by atomic mass is 9.84. The van der Waals surface area contributed by atoms with E-state index < -0.39 is 6.04 Å². The average Bonchev–Trinajstić information content (AvgIpc) is 2.62. The van der Waals surface area contributed by atoms with Gasteiger partial charge in [0.25, 0.3) is 0 Å². The Morgan fingerprint density at radius 3 is 2.80 bits per heavy atom. The van der Waals surface area contributed by atoms with Crippen LogP contribution in [0.1, 0.15) is 38.3 Å². The zero-order chi connectivity index (χ0) is 14.5. The van der Waals surface area contributed by atoms with Gasteiger partial charge in [-0.05, 0) is 30.4 Å². The highest BCUT2D eigenvalue weighted by molar-refractivity contribution is 6.04. The lowest BCUT2D eigenvalue weighted by Crippen LogP contribution is -2.40. The summed E-state index contributed by atoms with van der Waals surface area (Å²) in [6.45, 7) is 6.79. The fraction of sp³-hybridized carbons (Fsp3) is 0.562. The molecule has 1 fully saturated rings. The van der Waals surface area contributed by atoms with Gasteiger partial charge in [-0.25, -0.2) is 0 Å². The van der Waals surface area contributed by atoms with Crippen LogP contribution in [0.2, 0.25) is 0 Å². The molecule has 2 aliphatic rings. The number of hydrogen-bond donors (Lipinski definition) is 1. The number of hydrogen-bond acceptors (Lipinski definition) is 3. The minimum Gasteiger partial charge on any atom is -0.371 e. The molecule has 1 aromatic rings. The van der Waals surface area contributed by atoms with E-state index in [1.54, 1.807) is 11.9 Å². The van der Waals surface area contributed by atoms with Crippen molar-refractivity contribution in [2.24, 2.45) is 11.1 Å². The van der Waals surface area contributed by atoms with Gasteiger partial charge in [0.1, 0.15) is 6.04 Å². The van der Waals surface area contributed by atoms with E-state index in [9.17, 15) is 4.79 Å². The Balaban J connectivity index is 1.92. The molecule has 2 N–H and O–H groups in total. The maximum Gasteiger partial charge on any atom is 0.248 e. The normalized spacial score (nSPS) is 25.0. The van der Waals surface area contributed by atoms with E-state index in [0.717, 1.165) is 24.3 Å². The number of piperidine rings is 1. The third kappa shape index (κ3) is 2.08. The largest absolute Gasteiger partial charge is 0.371 e. The Morgan fingerprint density at radius 1 is 1.35 bits per heavy atom. The molecular formula is C16H23N3O. The van der Waals surface area contributed by atoms with E-state index in [0.29, 0.717) is 5.41 Å². The van der Waals surface area contributed by atoms with Crippen molar-refractivity contribution >= 4 is 17.3 Å². The van der Waals surface area contributed by atoms with Crippen LogP contribution in [0.5, 0.6) is 0 Å². The van der Waals surface area contributed by atoms with Crippen LogP contribution in [0.15, 0.2) is 18.2 Å². The van der Waals surface area contributed by atoms with Gasteiger partial charge < -0.3 is 15.5 Å². The Morgan fingerprint density at radius 2 is 2.10 bits per heavy atom. The molecule has 1 unspecified atom stereocenters. The highest BCUT2D eigenvalue weighted by Gasteiger charge is 2.33. The number of fused-ring (bicyclic) bond motifs is 1. The molecule has 1 aromatic carbocycles. The predicted octanol–water partition coefficient (Wildman–Crippen LogP) is 2.29. The SMILES string of the molecule is CN1C(=O)C(N)c2ccc(N3CCCC(C)(C)C3)cc21. The number of carbonyl (C=O) groups is 1. The Labute approximate surface area is 120 Å². The molecule has 4 nitrogen and oxygen atoms in total. The van der Waals surface area contributed by atoms with E-state index in [-0.39, 0.29) is 5.91 Å². The zero-order valence-electron chi connectivity index (χ0n) is 12.5. The molecule has 0 spiro atoms. The van der Waals surface area contributed by atoms with Crippen LogP contribution in [0, 0.1) is 5.41 Å². The maximum atomic E-state index is 11.9. The fourth-order valence-electron chi connectivity index (χ4n) is 3.39. The summed E-state index contributed by atoms with van der Waals surface area (Å²) in [7, 11) is 1.80. The number of nitrogens with two attached hydrogens (primary N) is 1. The molecule has 0 saturated carbocycles. The van der Waals surface area contributed by atoms with Crippen molar-refractivity contribution in [1.82, 2.24) is 0 Å². The molecule has 2 aliphatic heterocycles. The smallest absolute Gasteiger partial charge is 0.248 e. The summed E-state index contributed by atoms with van der Waals surface area (Å²) >= 11 is 0. The third-order valence-corrected chi connectivity index (χ3v) is 4.57. The number of amides is 1. The highest BCUT2D eigenvalue weighted by atomic mass is 16.2. The molecule has 0 radical (unpaired) electrons. The zero-order valence-corrected chi connectivity index (χ0v) is 12.5. The highest BCUT2D eigenvalue weighted by Crippen LogP contribution is 2.38. The van der Waals surface area contributed by atoms with E-state index in [1.165, 1.54) is 18.5 Å². The Hall–Kier alpha value is -1.55. The van der Waals surface area contributed by atoms with Crippen molar-refractivity contribution in [3.63, 3.8) is 0 Å². The number of nitrogens with zero attached hydrogens (tertiary/aromatic N) is 2. The number of benzene rings is 1. The summed E-state index contributed by atoms with van der Waals surface area (Å²) in [6, 6.07) is 5.73.